The SMILES string of the molecule is CCNC(=NCCc1c(C)noc1C)NC1CC2CCC(C1)N2Cc1ccccc1.I. The standard InChI is InChI=1S/C24H35N5O.HI/c1-4-25-24(26-13-12-23-17(2)28-30-18(23)3)27-20-14-21-10-11-22(15-20)29(21)16-19-8-6-5-7-9-19;/h5-9,20-22H,4,10-16H2,1-3H3,(H2,25,26,27);1H. The number of guanidine groups is 1. The summed E-state index contributed by atoms with van der Waals surface area (Å²) < 4.78 is 5.27. The second-order valence-electron chi connectivity index (χ2n) is 8.67. The van der Waals surface area contributed by atoms with Gasteiger partial charge in [0.15, 0.2) is 5.96 Å². The smallest absolute Gasteiger partial charge is 0.191 e. The molecule has 7 heteroatoms. The molecule has 0 radical (unpaired) electrons. The molecule has 1 aromatic heterocycles. The predicted molar refractivity (Wildman–Crippen MR) is 136 cm³/mol. The van der Waals surface area contributed by atoms with E-state index in [2.05, 4.69) is 57.9 Å². The Morgan fingerprint density at radius 3 is 2.48 bits per heavy atom. The van der Waals surface area contributed by atoms with Gasteiger partial charge in [-0.25, -0.2) is 0 Å². The molecule has 2 bridgehead atoms. The van der Waals surface area contributed by atoms with Gasteiger partial charge in [0.1, 0.15) is 5.76 Å². The molecule has 170 valence electrons. The van der Waals surface area contributed by atoms with E-state index in [4.69, 9.17) is 9.52 Å². The molecule has 31 heavy (non-hydrogen) atoms. The second kappa shape index (κ2) is 11.3. The van der Waals surface area contributed by atoms with Crippen molar-refractivity contribution in [3.63, 3.8) is 0 Å². The number of rotatable bonds is 7. The van der Waals surface area contributed by atoms with E-state index in [1.54, 1.807) is 0 Å². The Bertz CT molecular complexity index is 819. The van der Waals surface area contributed by atoms with Gasteiger partial charge in [-0.3, -0.25) is 9.89 Å². The quantitative estimate of drug-likeness (QED) is 0.315. The van der Waals surface area contributed by atoms with Gasteiger partial charge in [-0.15, -0.1) is 24.0 Å². The van der Waals surface area contributed by atoms with Crippen LogP contribution in [0.4, 0.5) is 0 Å². The number of fused-ring (bicyclic) bond motifs is 2. The van der Waals surface area contributed by atoms with Crippen molar-refractivity contribution in [1.82, 2.24) is 20.7 Å². The Kier molecular flexibility index (Phi) is 8.77. The molecule has 3 heterocycles. The maximum Gasteiger partial charge on any atom is 0.191 e. The molecule has 6 nitrogen and oxygen atoms in total. The van der Waals surface area contributed by atoms with Gasteiger partial charge in [-0.05, 0) is 58.4 Å². The third kappa shape index (κ3) is 6.00. The molecule has 1 aromatic carbocycles. The van der Waals surface area contributed by atoms with Crippen LogP contribution in [-0.4, -0.2) is 47.2 Å². The lowest BCUT2D eigenvalue weighted by Crippen LogP contribution is -2.52. The lowest BCUT2D eigenvalue weighted by Gasteiger charge is -2.39. The Morgan fingerprint density at radius 1 is 1.16 bits per heavy atom. The fraction of sp³-hybridized carbons (Fsp3) is 0.583. The summed E-state index contributed by atoms with van der Waals surface area (Å²) >= 11 is 0. The Morgan fingerprint density at radius 2 is 1.87 bits per heavy atom. The van der Waals surface area contributed by atoms with Gasteiger partial charge in [-0.2, -0.15) is 0 Å². The minimum Gasteiger partial charge on any atom is -0.361 e. The molecule has 2 unspecified atom stereocenters. The van der Waals surface area contributed by atoms with Crippen LogP contribution in [0.15, 0.2) is 39.8 Å². The van der Waals surface area contributed by atoms with E-state index in [1.165, 1.54) is 36.8 Å². The summed E-state index contributed by atoms with van der Waals surface area (Å²) in [6, 6.07) is 12.7. The average molecular weight is 537 g/mol. The van der Waals surface area contributed by atoms with Crippen LogP contribution in [0.5, 0.6) is 0 Å². The van der Waals surface area contributed by atoms with Crippen LogP contribution >= 0.6 is 24.0 Å². The molecule has 2 N–H and O–H groups in total. The first kappa shape index (κ1) is 24.0. The number of aryl methyl sites for hydroxylation is 2. The molecule has 2 aliphatic heterocycles. The maximum absolute atomic E-state index is 5.27. The molecule has 2 saturated heterocycles. The largest absolute Gasteiger partial charge is 0.361 e. The van der Waals surface area contributed by atoms with E-state index in [9.17, 15) is 0 Å². The predicted octanol–water partition coefficient (Wildman–Crippen LogP) is 4.20. The molecule has 4 rings (SSSR count). The van der Waals surface area contributed by atoms with Crippen LogP contribution < -0.4 is 10.6 Å². The first-order valence-corrected chi connectivity index (χ1v) is 11.4. The number of aromatic nitrogens is 1. The van der Waals surface area contributed by atoms with Crippen molar-refractivity contribution in [3.8, 4) is 0 Å². The zero-order valence-electron chi connectivity index (χ0n) is 18.9. The highest BCUT2D eigenvalue weighted by Crippen LogP contribution is 2.36. The average Bonchev–Trinajstić information content (AvgIpc) is 3.17. The molecule has 2 atom stereocenters. The maximum atomic E-state index is 5.27. The normalized spacial score (nSPS) is 23.5. The van der Waals surface area contributed by atoms with E-state index in [1.807, 2.05) is 13.8 Å². The molecule has 2 aromatic rings. The number of aliphatic imine (C=N–C) groups is 1. The Labute approximate surface area is 203 Å². The van der Waals surface area contributed by atoms with Crippen molar-refractivity contribution in [2.45, 2.75) is 77.5 Å². The van der Waals surface area contributed by atoms with E-state index in [0.29, 0.717) is 18.1 Å². The number of nitrogens with one attached hydrogen (secondary N) is 2. The summed E-state index contributed by atoms with van der Waals surface area (Å²) in [5.74, 6) is 1.84. The monoisotopic (exact) mass is 537 g/mol. The number of halogens is 1. The summed E-state index contributed by atoms with van der Waals surface area (Å²) in [5.41, 5.74) is 3.58. The fourth-order valence-electron chi connectivity index (χ4n) is 5.10. The van der Waals surface area contributed by atoms with Crippen LogP contribution in [0.25, 0.3) is 0 Å². The van der Waals surface area contributed by atoms with Gasteiger partial charge >= 0.3 is 0 Å². The van der Waals surface area contributed by atoms with E-state index in [0.717, 1.165) is 43.5 Å². The summed E-state index contributed by atoms with van der Waals surface area (Å²) in [6.07, 6.45) is 5.87. The third-order valence-electron chi connectivity index (χ3n) is 6.59. The van der Waals surface area contributed by atoms with Gasteiger partial charge in [0.2, 0.25) is 0 Å². The van der Waals surface area contributed by atoms with E-state index < -0.39 is 0 Å². The molecule has 2 fully saturated rings. The summed E-state index contributed by atoms with van der Waals surface area (Å²) in [5, 5.41) is 11.2. The second-order valence-corrected chi connectivity index (χ2v) is 8.67. The van der Waals surface area contributed by atoms with Crippen molar-refractivity contribution in [3.05, 3.63) is 52.9 Å². The van der Waals surface area contributed by atoms with Gasteiger partial charge in [-0.1, -0.05) is 35.5 Å². The van der Waals surface area contributed by atoms with Crippen LogP contribution in [-0.2, 0) is 13.0 Å². The van der Waals surface area contributed by atoms with Crippen LogP contribution in [0.2, 0.25) is 0 Å². The van der Waals surface area contributed by atoms with Crippen LogP contribution in [0.1, 0.15) is 55.2 Å². The van der Waals surface area contributed by atoms with Crippen molar-refractivity contribution in [2.24, 2.45) is 4.99 Å². The van der Waals surface area contributed by atoms with Gasteiger partial charge < -0.3 is 15.2 Å². The first-order chi connectivity index (χ1) is 14.6. The van der Waals surface area contributed by atoms with Crippen molar-refractivity contribution >= 4 is 29.9 Å². The number of nitrogens with zero attached hydrogens (tertiary/aromatic N) is 3. The Balaban J connectivity index is 0.00000272. The first-order valence-electron chi connectivity index (χ1n) is 11.4. The van der Waals surface area contributed by atoms with Crippen molar-refractivity contribution in [2.75, 3.05) is 13.1 Å². The Hall–Kier alpha value is -1.61. The lowest BCUT2D eigenvalue weighted by molar-refractivity contribution is 0.114. The minimum absolute atomic E-state index is 0. The summed E-state index contributed by atoms with van der Waals surface area (Å²) in [4.78, 5) is 7.56. The summed E-state index contributed by atoms with van der Waals surface area (Å²) in [7, 11) is 0. The highest BCUT2D eigenvalue weighted by atomic mass is 127. The van der Waals surface area contributed by atoms with Gasteiger partial charge in [0.05, 0.1) is 5.69 Å². The van der Waals surface area contributed by atoms with Crippen molar-refractivity contribution in [1.29, 1.82) is 0 Å². The molecular weight excluding hydrogens is 501 g/mol. The molecule has 0 spiro atoms. The van der Waals surface area contributed by atoms with E-state index >= 15 is 0 Å². The van der Waals surface area contributed by atoms with Crippen LogP contribution in [0.3, 0.4) is 0 Å². The third-order valence-corrected chi connectivity index (χ3v) is 6.59. The highest BCUT2D eigenvalue weighted by molar-refractivity contribution is 14.0. The molecular formula is C24H36IN5O. The number of hydrogen-bond donors (Lipinski definition) is 2. The van der Waals surface area contributed by atoms with E-state index in [-0.39, 0.29) is 24.0 Å². The minimum atomic E-state index is 0. The molecule has 0 saturated carbocycles. The number of piperidine rings is 1. The summed E-state index contributed by atoms with van der Waals surface area (Å²) in [6.45, 7) is 8.78. The zero-order valence-corrected chi connectivity index (χ0v) is 21.3. The zero-order chi connectivity index (χ0) is 20.9. The molecule has 0 amide bonds. The lowest BCUT2D eigenvalue weighted by atomic mass is 9.96. The fourth-order valence-corrected chi connectivity index (χ4v) is 5.10. The molecule has 0 aliphatic carbocycles. The van der Waals surface area contributed by atoms with Crippen molar-refractivity contribution < 1.29 is 4.52 Å². The topological polar surface area (TPSA) is 65.7 Å². The number of benzene rings is 1. The van der Waals surface area contributed by atoms with Gasteiger partial charge in [0, 0.05) is 43.3 Å². The van der Waals surface area contributed by atoms with Crippen LogP contribution in [0, 0.1) is 13.8 Å². The number of hydrogen-bond acceptors (Lipinski definition) is 4. The molecule has 2 aliphatic rings. The highest BCUT2D eigenvalue weighted by Gasteiger charge is 2.40. The van der Waals surface area contributed by atoms with Gasteiger partial charge in [0.25, 0.3) is 0 Å².